The molecule has 8 rings (SSSR count). The van der Waals surface area contributed by atoms with Gasteiger partial charge in [0.05, 0.1) is 33.5 Å². The summed E-state index contributed by atoms with van der Waals surface area (Å²) in [5.74, 6) is -0.254. The van der Waals surface area contributed by atoms with E-state index in [1.807, 2.05) is 113 Å². The van der Waals surface area contributed by atoms with Crippen LogP contribution in [0.25, 0.3) is 53.7 Å². The van der Waals surface area contributed by atoms with Crippen molar-refractivity contribution in [3.05, 3.63) is 81.6 Å². The highest BCUT2D eigenvalue weighted by Crippen LogP contribution is 2.48. The molecule has 0 bridgehead atoms. The molecule has 0 spiro atoms. The molecule has 0 unspecified atom stereocenters. The molecule has 6 heterocycles. The summed E-state index contributed by atoms with van der Waals surface area (Å²) >= 11 is 6.18. The first-order valence-corrected chi connectivity index (χ1v) is 30.0. The fourth-order valence-corrected chi connectivity index (χ4v) is 13.5. The quantitative estimate of drug-likeness (QED) is 0.0882. The van der Waals surface area contributed by atoms with Gasteiger partial charge >= 0.3 is 18.3 Å². The van der Waals surface area contributed by atoms with Gasteiger partial charge in [-0.2, -0.15) is 0 Å². The van der Waals surface area contributed by atoms with Gasteiger partial charge in [0.2, 0.25) is 11.8 Å². The third-order valence-electron chi connectivity index (χ3n) is 12.4. The zero-order chi connectivity index (χ0) is 57.7. The zero-order valence-electron chi connectivity index (χ0n) is 47.9. The molecule has 0 saturated carbocycles. The summed E-state index contributed by atoms with van der Waals surface area (Å²) in [6, 6.07) is 12.4. The Kier molecular flexibility index (Phi) is 19.2. The number of rotatable bonds is 14. The molecule has 0 radical (unpaired) electrons. The topological polar surface area (TPSA) is 185 Å². The summed E-state index contributed by atoms with van der Waals surface area (Å²) in [5, 5.41) is 12.7. The molecule has 0 atom stereocenters. The van der Waals surface area contributed by atoms with Crippen molar-refractivity contribution >= 4 is 118 Å². The van der Waals surface area contributed by atoms with E-state index in [4.69, 9.17) is 24.2 Å². The van der Waals surface area contributed by atoms with Crippen molar-refractivity contribution in [3.63, 3.8) is 0 Å². The summed E-state index contributed by atoms with van der Waals surface area (Å²) in [7, 11) is 0. The molecule has 5 amide bonds. The summed E-state index contributed by atoms with van der Waals surface area (Å²) in [5.41, 5.74) is 6.12. The number of benzene rings is 2. The SMILES string of the molecule is C=Cc1ccc2sc(-c3c(NC(=O)CCN(C(=O)OC(C)(C)C)C(C)C)sc4c3CCN(C(=O)OC(C)(C)C)C4)nc2c1.C=Cc1ccc2sc(-c3c(NC(=O)CCNC(C)C)sc4c3CCN(C(=O)OC(C)(C)C)C4)nc2c1. The molecule has 0 fully saturated rings. The van der Waals surface area contributed by atoms with Gasteiger partial charge in [-0.25, -0.2) is 24.4 Å². The van der Waals surface area contributed by atoms with E-state index < -0.39 is 22.9 Å². The highest BCUT2D eigenvalue weighted by Gasteiger charge is 2.34. The van der Waals surface area contributed by atoms with Crippen LogP contribution in [0.15, 0.2) is 49.6 Å². The predicted octanol–water partition coefficient (Wildman–Crippen LogP) is 14.2. The van der Waals surface area contributed by atoms with E-state index in [9.17, 15) is 24.0 Å². The Morgan fingerprint density at radius 3 is 1.47 bits per heavy atom. The molecule has 16 nitrogen and oxygen atoms in total. The summed E-state index contributed by atoms with van der Waals surface area (Å²) < 4.78 is 18.9. The van der Waals surface area contributed by atoms with Gasteiger partial charge in [0.1, 0.15) is 36.8 Å². The van der Waals surface area contributed by atoms with Crippen molar-refractivity contribution in [2.75, 3.05) is 36.8 Å². The van der Waals surface area contributed by atoms with Crippen LogP contribution < -0.4 is 16.0 Å². The van der Waals surface area contributed by atoms with Gasteiger partial charge in [0.15, 0.2) is 0 Å². The third kappa shape index (κ3) is 16.0. The summed E-state index contributed by atoms with van der Waals surface area (Å²) in [4.78, 5) is 81.4. The van der Waals surface area contributed by atoms with Crippen molar-refractivity contribution in [1.82, 2.24) is 30.0 Å². The van der Waals surface area contributed by atoms with Crippen LogP contribution in [0.5, 0.6) is 0 Å². The summed E-state index contributed by atoms with van der Waals surface area (Å²) in [6.07, 6.45) is 4.27. The lowest BCUT2D eigenvalue weighted by Crippen LogP contribution is -2.42. The molecule has 2 aromatic carbocycles. The number of thiophene rings is 2. The molecule has 79 heavy (non-hydrogen) atoms. The first kappa shape index (κ1) is 60.5. The number of nitrogens with zero attached hydrogens (tertiary/aromatic N) is 5. The van der Waals surface area contributed by atoms with Gasteiger partial charge in [-0.3, -0.25) is 9.59 Å². The minimum Gasteiger partial charge on any atom is -0.444 e. The maximum absolute atomic E-state index is 13.3. The van der Waals surface area contributed by atoms with Crippen LogP contribution in [0, 0.1) is 0 Å². The van der Waals surface area contributed by atoms with Crippen molar-refractivity contribution in [3.8, 4) is 21.1 Å². The van der Waals surface area contributed by atoms with Crippen molar-refractivity contribution in [1.29, 1.82) is 0 Å². The van der Waals surface area contributed by atoms with Crippen LogP contribution in [0.1, 0.15) is 135 Å². The second kappa shape index (κ2) is 25.1. The Bertz CT molecular complexity index is 3240. The number of carbonyl (C=O) groups excluding carboxylic acids is 5. The van der Waals surface area contributed by atoms with Crippen LogP contribution in [-0.2, 0) is 49.7 Å². The average molecular weight is 1150 g/mol. The molecule has 3 N–H and O–H groups in total. The van der Waals surface area contributed by atoms with Gasteiger partial charge < -0.3 is 44.9 Å². The van der Waals surface area contributed by atoms with Crippen molar-refractivity contribution in [2.45, 2.75) is 158 Å². The minimum absolute atomic E-state index is 0.0398. The fourth-order valence-electron chi connectivity index (χ4n) is 8.71. The first-order chi connectivity index (χ1) is 37.1. The van der Waals surface area contributed by atoms with Crippen molar-refractivity contribution in [2.24, 2.45) is 0 Å². The van der Waals surface area contributed by atoms with Gasteiger partial charge in [-0.05, 0) is 136 Å². The number of hydrogen-bond donors (Lipinski definition) is 3. The number of hydrogen-bond acceptors (Lipinski definition) is 15. The Balaban J connectivity index is 0.000000232. The average Bonchev–Trinajstić information content (AvgIpc) is 4.36. The van der Waals surface area contributed by atoms with Crippen LogP contribution in [0.3, 0.4) is 0 Å². The second-order valence-corrected chi connectivity index (χ2v) is 27.4. The standard InChI is InChI=1S/C32H42N4O5S2.C27H34N4O3S2/c1-10-20-11-12-23-22(17-20)33-27(42-23)26-21-13-15-35(29(38)40-31(4,5)6)18-24(21)43-28(26)34-25(37)14-16-36(19(2)3)30(39)41-32(7,8)9;1-7-17-8-9-20-19(14-17)29-24(35-20)23-18-11-13-31(26(33)34-27(4,5)6)15-21(18)36-25(23)30-22(32)10-12-28-16(2)3/h10-12,17,19H,1,13-16,18H2,2-9H3,(H,34,37);7-9,14,16,28H,1,10-13,15H2,2-6H3,(H,30,32). The Morgan fingerprint density at radius 2 is 1.08 bits per heavy atom. The first-order valence-electron chi connectivity index (χ1n) is 26.7. The summed E-state index contributed by atoms with van der Waals surface area (Å²) in [6.45, 7) is 35.0. The molecule has 0 saturated heterocycles. The fraction of sp³-hybridized carbons (Fsp3) is 0.475. The molecule has 20 heteroatoms. The number of thiazole rings is 2. The van der Waals surface area contributed by atoms with Gasteiger partial charge in [-0.15, -0.1) is 45.3 Å². The Morgan fingerprint density at radius 1 is 0.646 bits per heavy atom. The molecular weight excluding hydrogens is 1080 g/mol. The van der Waals surface area contributed by atoms with E-state index in [1.165, 1.54) is 22.7 Å². The number of aromatic nitrogens is 2. The van der Waals surface area contributed by atoms with Crippen LogP contribution >= 0.6 is 45.3 Å². The van der Waals surface area contributed by atoms with Gasteiger partial charge in [0, 0.05) is 72.0 Å². The molecule has 2 aliphatic heterocycles. The monoisotopic (exact) mass is 1150 g/mol. The lowest BCUT2D eigenvalue weighted by Gasteiger charge is -2.30. The highest BCUT2D eigenvalue weighted by molar-refractivity contribution is 7.23. The zero-order valence-corrected chi connectivity index (χ0v) is 51.2. The highest BCUT2D eigenvalue weighted by atomic mass is 32.1. The maximum Gasteiger partial charge on any atom is 0.410 e. The second-order valence-electron chi connectivity index (χ2n) is 23.1. The number of anilines is 2. The van der Waals surface area contributed by atoms with E-state index in [-0.39, 0.29) is 43.0 Å². The molecule has 2 aliphatic rings. The normalized spacial score (nSPS) is 13.6. The number of fused-ring (bicyclic) bond motifs is 4. The predicted molar refractivity (Wildman–Crippen MR) is 324 cm³/mol. The van der Waals surface area contributed by atoms with Crippen LogP contribution in [0.4, 0.5) is 24.4 Å². The smallest absolute Gasteiger partial charge is 0.410 e. The van der Waals surface area contributed by atoms with E-state index in [2.05, 4.69) is 49.0 Å². The number of amides is 5. The van der Waals surface area contributed by atoms with Gasteiger partial charge in [0.25, 0.3) is 0 Å². The lowest BCUT2D eigenvalue weighted by molar-refractivity contribution is -0.117. The Hall–Kier alpha value is -6.19. The number of ether oxygens (including phenoxy) is 3. The molecule has 424 valence electrons. The van der Waals surface area contributed by atoms with Gasteiger partial charge in [-0.1, -0.05) is 51.3 Å². The largest absolute Gasteiger partial charge is 0.444 e. The van der Waals surface area contributed by atoms with E-state index in [1.54, 1.807) is 43.4 Å². The van der Waals surface area contributed by atoms with Crippen LogP contribution in [-0.4, -0.2) is 110 Å². The molecule has 4 aromatic heterocycles. The number of carbonyl (C=O) groups is 5. The van der Waals surface area contributed by atoms with E-state index in [0.29, 0.717) is 63.0 Å². The van der Waals surface area contributed by atoms with E-state index in [0.717, 1.165) is 78.6 Å². The van der Waals surface area contributed by atoms with Crippen LogP contribution in [0.2, 0.25) is 0 Å². The molecule has 6 aromatic rings. The minimum atomic E-state index is -0.631. The lowest BCUT2D eigenvalue weighted by atomic mass is 10.0. The van der Waals surface area contributed by atoms with E-state index >= 15 is 0 Å². The van der Waals surface area contributed by atoms with Crippen molar-refractivity contribution < 1.29 is 38.2 Å². The maximum atomic E-state index is 13.3. The third-order valence-corrected chi connectivity index (χ3v) is 16.8. The Labute approximate surface area is 480 Å². The number of nitrogens with one attached hydrogen (secondary N) is 3. The molecular formula is C59H76N8O8S4. The molecule has 0 aliphatic carbocycles.